The Bertz CT molecular complexity index is 1130. The number of methoxy groups -OCH3 is 1. The Morgan fingerprint density at radius 1 is 1.00 bits per heavy atom. The van der Waals surface area contributed by atoms with Crippen LogP contribution in [0.5, 0.6) is 11.5 Å². The number of alkyl carbamates (subject to hydrolysis) is 1. The van der Waals surface area contributed by atoms with Crippen LogP contribution >= 0.6 is 0 Å². The number of carbonyl (C=O) groups excluding carboxylic acids is 1. The number of hydrogen-bond acceptors (Lipinski definition) is 6. The minimum atomic E-state index is -4.60. The van der Waals surface area contributed by atoms with E-state index in [9.17, 15) is 18.0 Å². The number of benzene rings is 2. The molecule has 0 bridgehead atoms. The molecule has 0 saturated carbocycles. The van der Waals surface area contributed by atoms with Gasteiger partial charge in [-0.25, -0.2) is 4.79 Å². The first-order chi connectivity index (χ1) is 18.6. The quantitative estimate of drug-likeness (QED) is 0.322. The fourth-order valence-corrected chi connectivity index (χ4v) is 4.32. The van der Waals surface area contributed by atoms with E-state index in [1.165, 1.54) is 6.07 Å². The van der Waals surface area contributed by atoms with Gasteiger partial charge in [-0.15, -0.1) is 0 Å². The van der Waals surface area contributed by atoms with E-state index in [2.05, 4.69) is 5.32 Å². The number of halogens is 3. The lowest BCUT2D eigenvalue weighted by Gasteiger charge is -2.44. The molecule has 0 radical (unpaired) electrons. The zero-order chi connectivity index (χ0) is 29.6. The van der Waals surface area contributed by atoms with Gasteiger partial charge in [0.1, 0.15) is 17.1 Å². The van der Waals surface area contributed by atoms with Crippen LogP contribution in [0.3, 0.4) is 0 Å². The minimum absolute atomic E-state index is 0.119. The number of alkyl halides is 3. The van der Waals surface area contributed by atoms with Gasteiger partial charge < -0.3 is 29.0 Å². The minimum Gasteiger partial charge on any atom is -0.496 e. The predicted octanol–water partition coefficient (Wildman–Crippen LogP) is 6.70. The van der Waals surface area contributed by atoms with Gasteiger partial charge in [0, 0.05) is 0 Å². The lowest BCUT2D eigenvalue weighted by Crippen LogP contribution is -2.61. The van der Waals surface area contributed by atoms with Crippen LogP contribution < -0.4 is 14.8 Å². The van der Waals surface area contributed by atoms with E-state index in [4.69, 9.17) is 23.7 Å². The van der Waals surface area contributed by atoms with Crippen molar-refractivity contribution in [1.29, 1.82) is 0 Å². The number of ether oxygens (including phenoxy) is 5. The second-order valence-corrected chi connectivity index (χ2v) is 11.5. The number of para-hydroxylation sites is 1. The summed E-state index contributed by atoms with van der Waals surface area (Å²) in [6.07, 6.45) is -3.60. The van der Waals surface area contributed by atoms with Gasteiger partial charge in [-0.05, 0) is 89.6 Å². The highest BCUT2D eigenvalue weighted by Crippen LogP contribution is 2.38. The summed E-state index contributed by atoms with van der Waals surface area (Å²) in [5.41, 5.74) is -1.11. The van der Waals surface area contributed by atoms with Crippen molar-refractivity contribution in [1.82, 2.24) is 5.32 Å². The molecule has 40 heavy (non-hydrogen) atoms. The summed E-state index contributed by atoms with van der Waals surface area (Å²) in [6, 6.07) is 11.6. The fraction of sp³-hybridized carbons (Fsp3) is 0.567. The molecule has 3 rings (SSSR count). The zero-order valence-electron chi connectivity index (χ0n) is 24.1. The summed E-state index contributed by atoms with van der Waals surface area (Å²) in [4.78, 5) is 12.6. The topological polar surface area (TPSA) is 75.3 Å². The Morgan fingerprint density at radius 3 is 2.30 bits per heavy atom. The molecule has 2 aromatic carbocycles. The van der Waals surface area contributed by atoms with Gasteiger partial charge in [0.05, 0.1) is 38.0 Å². The predicted molar refractivity (Wildman–Crippen MR) is 145 cm³/mol. The van der Waals surface area contributed by atoms with E-state index in [1.807, 2.05) is 24.3 Å². The molecular formula is C30H40F3NO6. The Kier molecular flexibility index (Phi) is 10.0. The molecule has 0 spiro atoms. The average Bonchev–Trinajstić information content (AvgIpc) is 2.86. The highest BCUT2D eigenvalue weighted by molar-refractivity contribution is 5.69. The van der Waals surface area contributed by atoms with Crippen molar-refractivity contribution in [2.45, 2.75) is 83.4 Å². The summed E-state index contributed by atoms with van der Waals surface area (Å²) in [5.74, 6) is -0.323. The van der Waals surface area contributed by atoms with Crippen molar-refractivity contribution in [2.24, 2.45) is 0 Å². The smallest absolute Gasteiger partial charge is 0.419 e. The maximum atomic E-state index is 14.0. The standard InChI is InChI=1S/C30H40F3NO6/c1-27(2,3)40-26(35)34-29(19-38-28(4,5)39-20-29)16-15-21-13-14-25(23(18-21)30(31,32)33)37-17-9-11-22-10-7-8-12-24(22)36-6/h7-8,10,12-14,18H,9,11,15-17,19-20H2,1-6H3,(H,34,35). The first-order valence-electron chi connectivity index (χ1n) is 13.4. The van der Waals surface area contributed by atoms with E-state index in [0.717, 1.165) is 17.4 Å². The third-order valence-corrected chi connectivity index (χ3v) is 6.44. The molecule has 1 aliphatic rings. The Hall–Kier alpha value is -2.98. The van der Waals surface area contributed by atoms with Gasteiger partial charge >= 0.3 is 12.3 Å². The van der Waals surface area contributed by atoms with E-state index >= 15 is 0 Å². The van der Waals surface area contributed by atoms with Crippen LogP contribution in [0.2, 0.25) is 0 Å². The number of nitrogens with one attached hydrogen (secondary N) is 1. The largest absolute Gasteiger partial charge is 0.496 e. The maximum absolute atomic E-state index is 14.0. The molecule has 1 fully saturated rings. The molecule has 2 aromatic rings. The highest BCUT2D eigenvalue weighted by Gasteiger charge is 2.42. The average molecular weight is 568 g/mol. The molecule has 1 N–H and O–H groups in total. The summed E-state index contributed by atoms with van der Waals surface area (Å²) in [6.45, 7) is 9.13. The number of hydrogen-bond donors (Lipinski definition) is 1. The van der Waals surface area contributed by atoms with E-state index in [1.54, 1.807) is 47.8 Å². The molecule has 1 saturated heterocycles. The van der Waals surface area contributed by atoms with Gasteiger partial charge in [-0.1, -0.05) is 24.3 Å². The van der Waals surface area contributed by atoms with E-state index in [-0.39, 0.29) is 38.4 Å². The lowest BCUT2D eigenvalue weighted by molar-refractivity contribution is -0.271. The second kappa shape index (κ2) is 12.7. The molecule has 0 aromatic heterocycles. The summed E-state index contributed by atoms with van der Waals surface area (Å²) >= 11 is 0. The molecule has 1 aliphatic heterocycles. The number of amides is 1. The molecule has 1 amide bonds. The number of carbonyl (C=O) groups is 1. The van der Waals surface area contributed by atoms with Crippen molar-refractivity contribution >= 4 is 6.09 Å². The molecular weight excluding hydrogens is 527 g/mol. The van der Waals surface area contributed by atoms with Crippen LogP contribution in [-0.2, 0) is 33.2 Å². The van der Waals surface area contributed by atoms with Crippen molar-refractivity contribution in [3.8, 4) is 11.5 Å². The fourth-order valence-electron chi connectivity index (χ4n) is 4.32. The van der Waals surface area contributed by atoms with Crippen LogP contribution in [0.15, 0.2) is 42.5 Å². The third-order valence-electron chi connectivity index (χ3n) is 6.44. The normalized spacial score (nSPS) is 16.7. The van der Waals surface area contributed by atoms with Crippen molar-refractivity contribution in [3.05, 3.63) is 59.2 Å². The van der Waals surface area contributed by atoms with Crippen molar-refractivity contribution in [3.63, 3.8) is 0 Å². The molecule has 0 unspecified atom stereocenters. The maximum Gasteiger partial charge on any atom is 0.419 e. The van der Waals surface area contributed by atoms with Gasteiger partial charge in [0.15, 0.2) is 5.79 Å². The molecule has 0 aliphatic carbocycles. The monoisotopic (exact) mass is 567 g/mol. The third kappa shape index (κ3) is 9.30. The molecule has 1 heterocycles. The van der Waals surface area contributed by atoms with Crippen molar-refractivity contribution < 1.29 is 41.7 Å². The second-order valence-electron chi connectivity index (χ2n) is 11.5. The molecule has 7 nitrogen and oxygen atoms in total. The van der Waals surface area contributed by atoms with Crippen LogP contribution in [-0.4, -0.2) is 50.0 Å². The van der Waals surface area contributed by atoms with Crippen LogP contribution in [0.1, 0.15) is 64.2 Å². The lowest BCUT2D eigenvalue weighted by atomic mass is 9.91. The van der Waals surface area contributed by atoms with Crippen molar-refractivity contribution in [2.75, 3.05) is 26.9 Å². The van der Waals surface area contributed by atoms with Gasteiger partial charge in [0.2, 0.25) is 0 Å². The SMILES string of the molecule is COc1ccccc1CCCOc1ccc(CCC2(NC(=O)OC(C)(C)C)COC(C)(C)OC2)cc1C(F)(F)F. The Morgan fingerprint density at radius 2 is 1.68 bits per heavy atom. The summed E-state index contributed by atoms with van der Waals surface area (Å²) in [7, 11) is 1.58. The van der Waals surface area contributed by atoms with Gasteiger partial charge in [-0.2, -0.15) is 13.2 Å². The van der Waals surface area contributed by atoms with Crippen LogP contribution in [0, 0.1) is 0 Å². The van der Waals surface area contributed by atoms with Crippen LogP contribution in [0.4, 0.5) is 18.0 Å². The van der Waals surface area contributed by atoms with E-state index < -0.39 is 34.8 Å². The molecule has 0 atom stereocenters. The summed E-state index contributed by atoms with van der Waals surface area (Å²) < 4.78 is 69.8. The first kappa shape index (κ1) is 31.5. The van der Waals surface area contributed by atoms with Gasteiger partial charge in [0.25, 0.3) is 0 Å². The summed E-state index contributed by atoms with van der Waals surface area (Å²) in [5, 5.41) is 2.84. The van der Waals surface area contributed by atoms with Crippen LogP contribution in [0.25, 0.3) is 0 Å². The number of rotatable bonds is 10. The molecule has 10 heteroatoms. The first-order valence-corrected chi connectivity index (χ1v) is 13.4. The van der Waals surface area contributed by atoms with Gasteiger partial charge in [-0.3, -0.25) is 0 Å². The number of aryl methyl sites for hydroxylation is 2. The van der Waals surface area contributed by atoms with E-state index in [0.29, 0.717) is 18.4 Å². The zero-order valence-corrected chi connectivity index (χ0v) is 24.1. The Balaban J connectivity index is 1.69. The molecule has 222 valence electrons. The Labute approximate surface area is 234 Å². The highest BCUT2D eigenvalue weighted by atomic mass is 19.4.